The van der Waals surface area contributed by atoms with Crippen LogP contribution < -0.4 is 0 Å². The van der Waals surface area contributed by atoms with Gasteiger partial charge in [-0.05, 0) is 19.0 Å². The summed E-state index contributed by atoms with van der Waals surface area (Å²) in [5.74, 6) is 0. The number of aliphatic imine (C=N–C) groups is 1. The number of hydrogen-bond donors (Lipinski definition) is 0. The van der Waals surface area contributed by atoms with Crippen LogP contribution in [0.3, 0.4) is 0 Å². The molecule has 1 aliphatic heterocycles. The van der Waals surface area contributed by atoms with E-state index in [-0.39, 0.29) is 0 Å². The SMILES string of the molecule is CCC[Si](C)(Cl)OCCC1CN=CN1[Si](C)(C)C. The number of hydrogen-bond acceptors (Lipinski definition) is 3. The molecule has 6 heteroatoms. The molecule has 0 saturated carbocycles. The summed E-state index contributed by atoms with van der Waals surface area (Å²) in [6.07, 6.45) is 4.20. The van der Waals surface area contributed by atoms with Crippen molar-refractivity contribution in [2.24, 2.45) is 4.99 Å². The van der Waals surface area contributed by atoms with Gasteiger partial charge in [0.15, 0.2) is 0 Å². The molecule has 1 heterocycles. The van der Waals surface area contributed by atoms with E-state index in [1.807, 2.05) is 6.34 Å². The lowest BCUT2D eigenvalue weighted by atomic mass is 10.2. The summed E-state index contributed by atoms with van der Waals surface area (Å²) in [4.78, 5) is 4.42. The molecule has 1 rings (SSSR count). The summed E-state index contributed by atoms with van der Waals surface area (Å²) in [6, 6.07) is 1.56. The molecule has 0 N–H and O–H groups in total. The normalized spacial score (nSPS) is 23.4. The smallest absolute Gasteiger partial charge is 0.286 e. The first-order valence-electron chi connectivity index (χ1n) is 6.87. The Morgan fingerprint density at radius 2 is 2.06 bits per heavy atom. The Balaban J connectivity index is 2.36. The third-order valence-electron chi connectivity index (χ3n) is 3.24. The lowest BCUT2D eigenvalue weighted by Crippen LogP contribution is -2.50. The highest BCUT2D eigenvalue weighted by Crippen LogP contribution is 2.22. The molecule has 106 valence electrons. The van der Waals surface area contributed by atoms with Crippen LogP contribution in [0.15, 0.2) is 4.99 Å². The van der Waals surface area contributed by atoms with Crippen molar-refractivity contribution in [1.29, 1.82) is 0 Å². The van der Waals surface area contributed by atoms with Crippen LogP contribution in [0.2, 0.25) is 32.2 Å². The van der Waals surface area contributed by atoms with E-state index in [1.165, 1.54) is 0 Å². The zero-order chi connectivity index (χ0) is 13.8. The monoisotopic (exact) mass is 306 g/mol. The average Bonchev–Trinajstić information content (AvgIpc) is 2.64. The van der Waals surface area contributed by atoms with E-state index in [0.717, 1.165) is 32.0 Å². The van der Waals surface area contributed by atoms with Crippen LogP contribution in [0.4, 0.5) is 0 Å². The van der Waals surface area contributed by atoms with E-state index in [1.54, 1.807) is 0 Å². The fraction of sp³-hybridized carbons (Fsp3) is 0.917. The maximum absolute atomic E-state index is 6.43. The van der Waals surface area contributed by atoms with Crippen LogP contribution in [0, 0.1) is 0 Å². The van der Waals surface area contributed by atoms with Gasteiger partial charge < -0.3 is 8.99 Å². The summed E-state index contributed by atoms with van der Waals surface area (Å²) in [5, 5.41) is 0. The van der Waals surface area contributed by atoms with Crippen LogP contribution in [0.5, 0.6) is 0 Å². The van der Waals surface area contributed by atoms with Crippen LogP contribution in [-0.4, -0.2) is 46.0 Å². The van der Waals surface area contributed by atoms with Gasteiger partial charge in [-0.15, -0.1) is 11.1 Å². The van der Waals surface area contributed by atoms with Gasteiger partial charge in [0.2, 0.25) is 0 Å². The number of nitrogens with zero attached hydrogens (tertiary/aromatic N) is 2. The van der Waals surface area contributed by atoms with E-state index in [4.69, 9.17) is 15.5 Å². The summed E-state index contributed by atoms with van der Waals surface area (Å²) in [7, 11) is -3.21. The molecule has 2 unspecified atom stereocenters. The minimum Gasteiger partial charge on any atom is -0.403 e. The van der Waals surface area contributed by atoms with E-state index in [2.05, 4.69) is 42.7 Å². The van der Waals surface area contributed by atoms with Gasteiger partial charge in [0, 0.05) is 12.6 Å². The predicted octanol–water partition coefficient (Wildman–Crippen LogP) is 3.66. The molecule has 0 amide bonds. The molecular formula is C12H27ClN2OSi2. The highest BCUT2D eigenvalue weighted by Gasteiger charge is 2.32. The van der Waals surface area contributed by atoms with Gasteiger partial charge in [-0.25, -0.2) is 0 Å². The van der Waals surface area contributed by atoms with Gasteiger partial charge in [0.25, 0.3) is 7.63 Å². The standard InChI is InChI=1S/C12H27ClN2OSi2/c1-6-9-18(5,13)16-8-7-12-10-14-11-15(12)17(2,3)4/h11-12H,6-10H2,1-5H3. The first kappa shape index (κ1) is 16.2. The van der Waals surface area contributed by atoms with Crippen LogP contribution in [0.25, 0.3) is 0 Å². The Labute approximate surface area is 118 Å². The Morgan fingerprint density at radius 3 is 2.61 bits per heavy atom. The largest absolute Gasteiger partial charge is 0.403 e. The van der Waals surface area contributed by atoms with Crippen molar-refractivity contribution in [3.63, 3.8) is 0 Å². The Bertz CT molecular complexity index is 292. The second kappa shape index (κ2) is 6.54. The Hall–Kier alpha value is 0.154. The third-order valence-corrected chi connectivity index (χ3v) is 8.36. The topological polar surface area (TPSA) is 24.8 Å². The molecular weight excluding hydrogens is 280 g/mol. The molecule has 0 aromatic heterocycles. The van der Waals surface area contributed by atoms with Crippen molar-refractivity contribution in [1.82, 2.24) is 4.57 Å². The van der Waals surface area contributed by atoms with Gasteiger partial charge in [0.05, 0.1) is 12.9 Å². The van der Waals surface area contributed by atoms with Crippen LogP contribution in [-0.2, 0) is 4.43 Å². The Kier molecular flexibility index (Phi) is 5.89. The molecule has 0 spiro atoms. The molecule has 1 aliphatic rings. The van der Waals surface area contributed by atoms with Crippen molar-refractivity contribution in [2.75, 3.05) is 13.2 Å². The summed E-state index contributed by atoms with van der Waals surface area (Å²) in [6.45, 7) is 13.0. The van der Waals surface area contributed by atoms with Crippen molar-refractivity contribution in [3.8, 4) is 0 Å². The van der Waals surface area contributed by atoms with Crippen molar-refractivity contribution >= 4 is 33.3 Å². The summed E-state index contributed by atoms with van der Waals surface area (Å²) in [5.41, 5.74) is 0. The van der Waals surface area contributed by atoms with E-state index in [0.29, 0.717) is 6.04 Å². The molecule has 0 saturated heterocycles. The molecule has 2 atom stereocenters. The molecule has 0 aromatic carbocycles. The molecule has 0 aromatic rings. The van der Waals surface area contributed by atoms with E-state index in [9.17, 15) is 0 Å². The second-order valence-corrected chi connectivity index (χ2v) is 16.5. The molecule has 0 radical (unpaired) electrons. The van der Waals surface area contributed by atoms with Crippen LogP contribution in [0.1, 0.15) is 19.8 Å². The van der Waals surface area contributed by atoms with Gasteiger partial charge in [-0.1, -0.05) is 33.0 Å². The summed E-state index contributed by atoms with van der Waals surface area (Å²) >= 11 is 6.43. The van der Waals surface area contributed by atoms with Gasteiger partial charge in [-0.2, -0.15) is 0 Å². The molecule has 18 heavy (non-hydrogen) atoms. The predicted molar refractivity (Wildman–Crippen MR) is 85.5 cm³/mol. The summed E-state index contributed by atoms with van der Waals surface area (Å²) < 4.78 is 8.41. The van der Waals surface area contributed by atoms with Gasteiger partial charge in [-0.3, -0.25) is 4.99 Å². The first-order chi connectivity index (χ1) is 8.26. The van der Waals surface area contributed by atoms with Crippen molar-refractivity contribution < 1.29 is 4.43 Å². The quantitative estimate of drug-likeness (QED) is 0.530. The van der Waals surface area contributed by atoms with Gasteiger partial charge in [0.1, 0.15) is 8.24 Å². The highest BCUT2D eigenvalue weighted by atomic mass is 35.6. The minimum absolute atomic E-state index is 0.528. The number of rotatable bonds is 7. The molecule has 0 bridgehead atoms. The maximum Gasteiger partial charge on any atom is 0.286 e. The van der Waals surface area contributed by atoms with Crippen molar-refractivity contribution in [3.05, 3.63) is 0 Å². The lowest BCUT2D eigenvalue weighted by molar-refractivity contribution is 0.276. The lowest BCUT2D eigenvalue weighted by Gasteiger charge is -2.35. The molecule has 0 aliphatic carbocycles. The molecule has 0 fully saturated rings. The Morgan fingerprint density at radius 1 is 1.39 bits per heavy atom. The average molecular weight is 307 g/mol. The maximum atomic E-state index is 6.43. The van der Waals surface area contributed by atoms with Crippen molar-refractivity contribution in [2.45, 2.75) is 58.0 Å². The van der Waals surface area contributed by atoms with E-state index >= 15 is 0 Å². The minimum atomic E-state index is -1.92. The third kappa shape index (κ3) is 5.03. The zero-order valence-electron chi connectivity index (χ0n) is 12.4. The fourth-order valence-electron chi connectivity index (χ4n) is 2.32. The zero-order valence-corrected chi connectivity index (χ0v) is 15.1. The fourth-order valence-corrected chi connectivity index (χ4v) is 6.43. The molecule has 3 nitrogen and oxygen atoms in total. The first-order valence-corrected chi connectivity index (χ1v) is 13.9. The second-order valence-electron chi connectivity index (χ2n) is 6.20. The number of halogens is 1. The van der Waals surface area contributed by atoms with Gasteiger partial charge >= 0.3 is 0 Å². The van der Waals surface area contributed by atoms with Crippen LogP contribution >= 0.6 is 11.1 Å². The highest BCUT2D eigenvalue weighted by molar-refractivity contribution is 7.16. The van der Waals surface area contributed by atoms with E-state index < -0.39 is 15.9 Å².